The maximum atomic E-state index is 12.6. The molecule has 0 saturated carbocycles. The number of piperidine rings is 1. The molecule has 0 unspecified atom stereocenters. The summed E-state index contributed by atoms with van der Waals surface area (Å²) in [5, 5.41) is 3.89. The van der Waals surface area contributed by atoms with Crippen LogP contribution in [0.1, 0.15) is 30.9 Å². The first-order valence-electron chi connectivity index (χ1n) is 10.5. The number of thioether (sulfide) groups is 1. The molecule has 2 aliphatic rings. The van der Waals surface area contributed by atoms with E-state index in [1.807, 2.05) is 49.4 Å². The van der Waals surface area contributed by atoms with E-state index in [4.69, 9.17) is 9.98 Å². The van der Waals surface area contributed by atoms with E-state index < -0.39 is 0 Å². The lowest BCUT2D eigenvalue weighted by molar-refractivity contribution is -0.113. The van der Waals surface area contributed by atoms with Crippen LogP contribution < -0.4 is 5.32 Å². The summed E-state index contributed by atoms with van der Waals surface area (Å²) in [6, 6.07) is 18.0. The molecular formula is C24H28N4OS. The van der Waals surface area contributed by atoms with Gasteiger partial charge in [0.25, 0.3) is 0 Å². The Morgan fingerprint density at radius 3 is 2.47 bits per heavy atom. The highest BCUT2D eigenvalue weighted by atomic mass is 32.2. The Bertz CT molecular complexity index is 962. The average Bonchev–Trinajstić information content (AvgIpc) is 3.13. The van der Waals surface area contributed by atoms with Gasteiger partial charge in [-0.3, -0.25) is 9.79 Å². The zero-order valence-electron chi connectivity index (χ0n) is 17.6. The van der Waals surface area contributed by atoms with E-state index in [0.717, 1.165) is 60.0 Å². The molecule has 1 amide bonds. The zero-order chi connectivity index (χ0) is 21.0. The molecule has 0 aromatic heterocycles. The first-order valence-corrected chi connectivity index (χ1v) is 11.5. The van der Waals surface area contributed by atoms with Gasteiger partial charge in [0.05, 0.1) is 11.5 Å². The molecular weight excluding hydrogens is 392 g/mol. The first-order chi connectivity index (χ1) is 14.6. The average molecular weight is 421 g/mol. The summed E-state index contributed by atoms with van der Waals surface area (Å²) in [7, 11) is 0. The molecule has 1 saturated heterocycles. The first kappa shape index (κ1) is 20.8. The lowest BCUT2D eigenvalue weighted by Crippen LogP contribution is -2.41. The highest BCUT2D eigenvalue weighted by Gasteiger charge is 2.39. The molecule has 6 heteroatoms. The molecule has 0 radical (unpaired) electrons. The number of hydrogen-bond acceptors (Lipinski definition) is 5. The Labute approximate surface area is 182 Å². The third-order valence-electron chi connectivity index (χ3n) is 5.74. The van der Waals surface area contributed by atoms with Gasteiger partial charge in [0.1, 0.15) is 5.04 Å². The maximum absolute atomic E-state index is 12.6. The second-order valence-electron chi connectivity index (χ2n) is 7.81. The van der Waals surface area contributed by atoms with Crippen molar-refractivity contribution >= 4 is 34.1 Å². The summed E-state index contributed by atoms with van der Waals surface area (Å²) in [6.45, 7) is 7.28. The number of amides is 1. The van der Waals surface area contributed by atoms with Crippen LogP contribution in [0, 0.1) is 6.92 Å². The number of carbonyl (C=O) groups is 1. The van der Waals surface area contributed by atoms with Crippen molar-refractivity contribution in [2.75, 3.05) is 30.7 Å². The number of rotatable bonds is 5. The van der Waals surface area contributed by atoms with E-state index in [2.05, 4.69) is 29.3 Å². The van der Waals surface area contributed by atoms with Gasteiger partial charge in [-0.1, -0.05) is 67.2 Å². The zero-order valence-corrected chi connectivity index (χ0v) is 18.4. The normalized spacial score (nSPS) is 18.2. The van der Waals surface area contributed by atoms with Crippen LogP contribution in [0.3, 0.4) is 0 Å². The predicted octanol–water partition coefficient (Wildman–Crippen LogP) is 4.38. The number of hydrogen-bond donors (Lipinski definition) is 1. The predicted molar refractivity (Wildman–Crippen MR) is 127 cm³/mol. The summed E-state index contributed by atoms with van der Waals surface area (Å²) in [5.74, 6) is 0.294. The van der Waals surface area contributed by atoms with Gasteiger partial charge in [0, 0.05) is 37.2 Å². The van der Waals surface area contributed by atoms with E-state index in [-0.39, 0.29) is 11.6 Å². The number of aliphatic imine (C=N–C) groups is 2. The van der Waals surface area contributed by atoms with Crippen molar-refractivity contribution in [3.8, 4) is 0 Å². The second kappa shape index (κ2) is 9.14. The Morgan fingerprint density at radius 1 is 1.07 bits per heavy atom. The number of likely N-dealkylation sites (tertiary alicyclic amines) is 1. The second-order valence-corrected chi connectivity index (χ2v) is 8.78. The molecule has 0 aliphatic carbocycles. The summed E-state index contributed by atoms with van der Waals surface area (Å²) in [6.07, 6.45) is 1.85. The van der Waals surface area contributed by atoms with Crippen LogP contribution in [0.15, 0.2) is 64.6 Å². The largest absolute Gasteiger partial charge is 0.325 e. The van der Waals surface area contributed by atoms with Gasteiger partial charge in [-0.2, -0.15) is 0 Å². The van der Waals surface area contributed by atoms with E-state index in [9.17, 15) is 4.79 Å². The lowest BCUT2D eigenvalue weighted by atomic mass is 9.98. The monoisotopic (exact) mass is 420 g/mol. The van der Waals surface area contributed by atoms with Gasteiger partial charge >= 0.3 is 0 Å². The highest BCUT2D eigenvalue weighted by molar-refractivity contribution is 8.16. The van der Waals surface area contributed by atoms with Gasteiger partial charge < -0.3 is 10.2 Å². The van der Waals surface area contributed by atoms with Crippen molar-refractivity contribution in [2.45, 2.75) is 32.4 Å². The molecule has 2 aromatic carbocycles. The van der Waals surface area contributed by atoms with E-state index in [1.165, 1.54) is 11.8 Å². The van der Waals surface area contributed by atoms with Crippen LogP contribution in [0.4, 0.5) is 5.69 Å². The molecule has 1 fully saturated rings. The topological polar surface area (TPSA) is 57.1 Å². The number of para-hydroxylation sites is 1. The van der Waals surface area contributed by atoms with Crippen LogP contribution in [0.2, 0.25) is 0 Å². The van der Waals surface area contributed by atoms with Crippen LogP contribution in [-0.2, 0) is 4.79 Å². The SMILES string of the molecule is CCN1CCC2(CC1)N=C(SCC(=O)Nc1ccccc1C)C(c1ccccc1)=N2. The van der Waals surface area contributed by atoms with Gasteiger partial charge in [-0.25, -0.2) is 4.99 Å². The van der Waals surface area contributed by atoms with Crippen LogP contribution in [0.5, 0.6) is 0 Å². The summed E-state index contributed by atoms with van der Waals surface area (Å²) in [4.78, 5) is 25.2. The molecule has 30 heavy (non-hydrogen) atoms. The minimum absolute atomic E-state index is 0.0221. The summed E-state index contributed by atoms with van der Waals surface area (Å²) in [5.41, 5.74) is 3.54. The van der Waals surface area contributed by atoms with Crippen LogP contribution in [-0.4, -0.2) is 52.6 Å². The molecule has 2 aliphatic heterocycles. The Hall–Kier alpha value is -2.44. The molecule has 1 N–H and O–H groups in total. The molecule has 0 atom stereocenters. The molecule has 156 valence electrons. The molecule has 2 heterocycles. The lowest BCUT2D eigenvalue weighted by Gasteiger charge is -2.34. The third-order valence-corrected chi connectivity index (χ3v) is 6.71. The van der Waals surface area contributed by atoms with E-state index in [1.54, 1.807) is 0 Å². The molecule has 0 bridgehead atoms. The number of carbonyl (C=O) groups excluding carboxylic acids is 1. The highest BCUT2D eigenvalue weighted by Crippen LogP contribution is 2.35. The number of aryl methyl sites for hydroxylation is 1. The molecule has 1 spiro atoms. The number of anilines is 1. The number of nitrogens with one attached hydrogen (secondary N) is 1. The van der Waals surface area contributed by atoms with Gasteiger partial charge in [0.15, 0.2) is 5.66 Å². The van der Waals surface area contributed by atoms with Crippen LogP contribution in [0.25, 0.3) is 0 Å². The maximum Gasteiger partial charge on any atom is 0.234 e. The Kier molecular flexibility index (Phi) is 6.35. The minimum atomic E-state index is -0.369. The minimum Gasteiger partial charge on any atom is -0.325 e. The van der Waals surface area contributed by atoms with Crippen LogP contribution >= 0.6 is 11.8 Å². The van der Waals surface area contributed by atoms with Crippen molar-refractivity contribution in [3.63, 3.8) is 0 Å². The number of nitrogens with zero attached hydrogens (tertiary/aromatic N) is 3. The van der Waals surface area contributed by atoms with Crippen molar-refractivity contribution in [1.82, 2.24) is 4.90 Å². The Balaban J connectivity index is 1.50. The van der Waals surface area contributed by atoms with Gasteiger partial charge in [-0.05, 0) is 25.1 Å². The van der Waals surface area contributed by atoms with Gasteiger partial charge in [0.2, 0.25) is 5.91 Å². The molecule has 5 nitrogen and oxygen atoms in total. The fourth-order valence-corrected chi connectivity index (χ4v) is 4.77. The standard InChI is InChI=1S/C24H28N4OS/c1-3-28-15-13-24(14-16-28)26-22(19-10-5-4-6-11-19)23(27-24)30-17-21(29)25-20-12-8-7-9-18(20)2/h4-12H,3,13-17H2,1-2H3,(H,25,29). The summed E-state index contributed by atoms with van der Waals surface area (Å²) >= 11 is 1.49. The van der Waals surface area contributed by atoms with Crippen molar-refractivity contribution in [1.29, 1.82) is 0 Å². The summed E-state index contributed by atoms with van der Waals surface area (Å²) < 4.78 is 0. The van der Waals surface area contributed by atoms with E-state index in [0.29, 0.717) is 5.75 Å². The molecule has 4 rings (SSSR count). The van der Waals surface area contributed by atoms with Crippen molar-refractivity contribution in [3.05, 3.63) is 65.7 Å². The number of benzene rings is 2. The fourth-order valence-electron chi connectivity index (χ4n) is 3.89. The molecule has 2 aromatic rings. The quantitative estimate of drug-likeness (QED) is 0.781. The fraction of sp³-hybridized carbons (Fsp3) is 0.375. The Morgan fingerprint density at radius 2 is 1.77 bits per heavy atom. The van der Waals surface area contributed by atoms with Crippen molar-refractivity contribution < 1.29 is 4.79 Å². The van der Waals surface area contributed by atoms with Crippen molar-refractivity contribution in [2.24, 2.45) is 9.98 Å². The smallest absolute Gasteiger partial charge is 0.234 e. The van der Waals surface area contributed by atoms with Gasteiger partial charge in [-0.15, -0.1) is 0 Å². The third kappa shape index (κ3) is 4.65. The van der Waals surface area contributed by atoms with E-state index >= 15 is 0 Å².